The van der Waals surface area contributed by atoms with Crippen LogP contribution in [0.4, 0.5) is 5.69 Å². The SMILES string of the molecule is Br.CCCCCCCCCCCCCCOc1cc(CCN(C(C)=O)c2ccc(CN3C=CSC3)cc2)ccc1OC. The minimum Gasteiger partial charge on any atom is -0.493 e. The van der Waals surface area contributed by atoms with E-state index in [0.29, 0.717) is 13.2 Å². The standard InChI is InChI=1S/C35H52N2O3S.BrH/c1-4-5-6-7-8-9-10-11-12-13-14-15-25-40-35-27-31(18-21-34(35)39-3)22-23-37(30(2)38)33-19-16-32(17-20-33)28-36-24-26-41-29-36;/h16-21,24,26-27H,4-15,22-23,25,28-29H2,1-3H3;1H. The van der Waals surface area contributed by atoms with Gasteiger partial charge in [-0.2, -0.15) is 0 Å². The predicted molar refractivity (Wildman–Crippen MR) is 185 cm³/mol. The predicted octanol–water partition coefficient (Wildman–Crippen LogP) is 9.93. The Morgan fingerprint density at radius 2 is 1.48 bits per heavy atom. The van der Waals surface area contributed by atoms with Crippen molar-refractivity contribution in [3.05, 3.63) is 65.2 Å². The first kappa shape index (κ1) is 36.1. The van der Waals surface area contributed by atoms with E-state index in [1.54, 1.807) is 14.0 Å². The largest absolute Gasteiger partial charge is 0.493 e. The zero-order valence-corrected chi connectivity index (χ0v) is 28.7. The quantitative estimate of drug-likeness (QED) is 0.125. The molecule has 0 saturated heterocycles. The zero-order valence-electron chi connectivity index (χ0n) is 26.2. The summed E-state index contributed by atoms with van der Waals surface area (Å²) >= 11 is 1.81. The summed E-state index contributed by atoms with van der Waals surface area (Å²) in [4.78, 5) is 16.6. The van der Waals surface area contributed by atoms with Crippen molar-refractivity contribution in [2.24, 2.45) is 0 Å². The van der Waals surface area contributed by atoms with E-state index in [1.165, 1.54) is 76.2 Å². The third-order valence-corrected chi connectivity index (χ3v) is 8.52. The van der Waals surface area contributed by atoms with E-state index in [1.807, 2.05) is 22.7 Å². The first-order valence-electron chi connectivity index (χ1n) is 15.8. The maximum atomic E-state index is 12.5. The van der Waals surface area contributed by atoms with Gasteiger partial charge >= 0.3 is 0 Å². The molecule has 1 heterocycles. The van der Waals surface area contributed by atoms with Crippen molar-refractivity contribution < 1.29 is 14.3 Å². The van der Waals surface area contributed by atoms with Gasteiger partial charge in [-0.3, -0.25) is 4.79 Å². The highest BCUT2D eigenvalue weighted by atomic mass is 79.9. The summed E-state index contributed by atoms with van der Waals surface area (Å²) in [7, 11) is 1.69. The lowest BCUT2D eigenvalue weighted by Gasteiger charge is -2.22. The molecule has 5 nitrogen and oxygen atoms in total. The molecule has 0 N–H and O–H groups in total. The van der Waals surface area contributed by atoms with E-state index < -0.39 is 0 Å². The first-order chi connectivity index (χ1) is 20.1. The van der Waals surface area contributed by atoms with Crippen molar-refractivity contribution in [1.82, 2.24) is 4.90 Å². The maximum Gasteiger partial charge on any atom is 0.223 e. The van der Waals surface area contributed by atoms with Crippen LogP contribution < -0.4 is 14.4 Å². The van der Waals surface area contributed by atoms with Gasteiger partial charge in [0.15, 0.2) is 11.5 Å². The molecule has 3 rings (SSSR count). The molecule has 1 amide bonds. The number of benzene rings is 2. The highest BCUT2D eigenvalue weighted by molar-refractivity contribution is 8.93. The summed E-state index contributed by atoms with van der Waals surface area (Å²) in [5, 5.41) is 2.13. The lowest BCUT2D eigenvalue weighted by Crippen LogP contribution is -2.30. The average molecular weight is 662 g/mol. The number of amides is 1. The Morgan fingerprint density at radius 3 is 2.05 bits per heavy atom. The zero-order chi connectivity index (χ0) is 29.1. The molecule has 0 saturated carbocycles. The summed E-state index contributed by atoms with van der Waals surface area (Å²) in [6.07, 6.45) is 18.9. The van der Waals surface area contributed by atoms with Crippen LogP contribution >= 0.6 is 28.7 Å². The third kappa shape index (κ3) is 13.5. The number of nitrogens with zero attached hydrogens (tertiary/aromatic N) is 2. The van der Waals surface area contributed by atoms with Gasteiger partial charge < -0.3 is 19.3 Å². The molecule has 1 aliphatic heterocycles. The fraction of sp³-hybridized carbons (Fsp3) is 0.571. The molecule has 0 unspecified atom stereocenters. The fourth-order valence-corrected chi connectivity index (χ4v) is 5.96. The number of ether oxygens (including phenoxy) is 2. The maximum absolute atomic E-state index is 12.5. The van der Waals surface area contributed by atoms with Gasteiger partial charge in [0.25, 0.3) is 0 Å². The molecule has 0 aromatic heterocycles. The molecule has 0 bridgehead atoms. The number of carbonyl (C=O) groups excluding carboxylic acids is 1. The summed E-state index contributed by atoms with van der Waals surface area (Å²) in [5.74, 6) is 2.60. The second kappa shape index (κ2) is 21.6. The molecule has 0 atom stereocenters. The normalized spacial score (nSPS) is 12.3. The lowest BCUT2D eigenvalue weighted by atomic mass is 10.1. The number of thioether (sulfide) groups is 1. The Kier molecular flexibility index (Phi) is 18.5. The number of methoxy groups -OCH3 is 1. The van der Waals surface area contributed by atoms with Crippen molar-refractivity contribution in [3.8, 4) is 11.5 Å². The number of unbranched alkanes of at least 4 members (excludes halogenated alkanes) is 11. The van der Waals surface area contributed by atoms with E-state index in [9.17, 15) is 4.79 Å². The van der Waals surface area contributed by atoms with Crippen molar-refractivity contribution in [3.63, 3.8) is 0 Å². The Labute approximate surface area is 270 Å². The van der Waals surface area contributed by atoms with Crippen LogP contribution in [0.15, 0.2) is 54.1 Å². The van der Waals surface area contributed by atoms with Gasteiger partial charge in [-0.05, 0) is 53.6 Å². The van der Waals surface area contributed by atoms with Crippen LogP contribution in [0, 0.1) is 0 Å². The molecular weight excluding hydrogens is 608 g/mol. The van der Waals surface area contributed by atoms with Crippen LogP contribution in [0.25, 0.3) is 0 Å². The Balaban J connectivity index is 0.00000616. The van der Waals surface area contributed by atoms with Gasteiger partial charge in [0, 0.05) is 31.9 Å². The second-order valence-electron chi connectivity index (χ2n) is 11.1. The van der Waals surface area contributed by atoms with Crippen LogP contribution in [-0.2, 0) is 17.8 Å². The topological polar surface area (TPSA) is 42.0 Å². The number of halogens is 1. The smallest absolute Gasteiger partial charge is 0.223 e. The van der Waals surface area contributed by atoms with Crippen LogP contribution in [0.2, 0.25) is 0 Å². The average Bonchev–Trinajstić information content (AvgIpc) is 3.49. The van der Waals surface area contributed by atoms with Crippen LogP contribution in [0.5, 0.6) is 11.5 Å². The van der Waals surface area contributed by atoms with Gasteiger partial charge in [0.05, 0.1) is 19.6 Å². The molecule has 0 spiro atoms. The first-order valence-corrected chi connectivity index (χ1v) is 16.8. The molecule has 2 aromatic carbocycles. The van der Waals surface area contributed by atoms with Gasteiger partial charge in [0.2, 0.25) is 5.91 Å². The van der Waals surface area contributed by atoms with Gasteiger partial charge in [0.1, 0.15) is 0 Å². The fourth-order valence-electron chi connectivity index (χ4n) is 5.25. The Morgan fingerprint density at radius 1 is 0.857 bits per heavy atom. The summed E-state index contributed by atoms with van der Waals surface area (Å²) < 4.78 is 11.7. The van der Waals surface area contributed by atoms with E-state index in [4.69, 9.17) is 9.47 Å². The summed E-state index contributed by atoms with van der Waals surface area (Å²) in [6.45, 7) is 6.12. The van der Waals surface area contributed by atoms with E-state index in [2.05, 4.69) is 59.8 Å². The number of hydrogen-bond donors (Lipinski definition) is 0. The molecule has 7 heteroatoms. The number of carbonyl (C=O) groups is 1. The van der Waals surface area contributed by atoms with Crippen molar-refractivity contribution in [2.75, 3.05) is 31.0 Å². The monoisotopic (exact) mass is 660 g/mol. The molecule has 0 aliphatic carbocycles. The minimum absolute atomic E-state index is 0. The molecule has 1 aliphatic rings. The highest BCUT2D eigenvalue weighted by Crippen LogP contribution is 2.29. The van der Waals surface area contributed by atoms with Gasteiger partial charge in [-0.1, -0.05) is 95.8 Å². The number of rotatable bonds is 21. The van der Waals surface area contributed by atoms with Gasteiger partial charge in [-0.15, -0.1) is 28.7 Å². The molecule has 0 fully saturated rings. The van der Waals surface area contributed by atoms with Gasteiger partial charge in [-0.25, -0.2) is 0 Å². The molecule has 42 heavy (non-hydrogen) atoms. The summed E-state index contributed by atoms with van der Waals surface area (Å²) in [5.41, 5.74) is 3.32. The third-order valence-electron chi connectivity index (χ3n) is 7.73. The molecule has 234 valence electrons. The van der Waals surface area contributed by atoms with Crippen LogP contribution in [0.3, 0.4) is 0 Å². The highest BCUT2D eigenvalue weighted by Gasteiger charge is 2.14. The van der Waals surface area contributed by atoms with E-state index in [0.717, 1.165) is 48.0 Å². The van der Waals surface area contributed by atoms with Crippen molar-refractivity contribution >= 4 is 40.3 Å². The Bertz CT molecular complexity index is 1050. The van der Waals surface area contributed by atoms with Crippen molar-refractivity contribution in [2.45, 2.75) is 104 Å². The van der Waals surface area contributed by atoms with Crippen molar-refractivity contribution in [1.29, 1.82) is 0 Å². The number of anilines is 1. The molecule has 0 radical (unpaired) electrons. The van der Waals surface area contributed by atoms with Crippen LogP contribution in [-0.4, -0.2) is 36.9 Å². The lowest BCUT2D eigenvalue weighted by molar-refractivity contribution is -0.116. The number of hydrogen-bond acceptors (Lipinski definition) is 5. The van der Waals surface area contributed by atoms with E-state index >= 15 is 0 Å². The minimum atomic E-state index is 0. The van der Waals surface area contributed by atoms with E-state index in [-0.39, 0.29) is 22.9 Å². The summed E-state index contributed by atoms with van der Waals surface area (Å²) in [6, 6.07) is 14.5. The second-order valence-corrected chi connectivity index (χ2v) is 12.0. The molecular formula is C35H53BrN2O3S. The molecule has 2 aromatic rings. The Hall–Kier alpha value is -2.12. The van der Waals surface area contributed by atoms with Crippen LogP contribution in [0.1, 0.15) is 102 Å².